The van der Waals surface area contributed by atoms with Gasteiger partial charge in [0, 0.05) is 25.2 Å². The molecule has 2 aliphatic carbocycles. The van der Waals surface area contributed by atoms with E-state index < -0.39 is 0 Å². The zero-order chi connectivity index (χ0) is 9.64. The second kappa shape index (κ2) is 2.56. The Morgan fingerprint density at radius 2 is 2.38 bits per heavy atom. The molecule has 0 aromatic heterocycles. The van der Waals surface area contributed by atoms with E-state index in [0.29, 0.717) is 18.3 Å². The number of Topliss-reactive ketones (excluding diaryl/α,β-unsaturated/α-hetero) is 1. The van der Waals surface area contributed by atoms with Crippen LogP contribution in [0.1, 0.15) is 26.7 Å². The average molecular weight is 182 g/mol. The molecular formula is C10H14O3. The van der Waals surface area contributed by atoms with Crippen LogP contribution in [-0.2, 0) is 14.3 Å². The normalized spacial score (nSPS) is 41.5. The first-order valence-electron chi connectivity index (χ1n) is 4.72. The standard InChI is InChI=1S/C10H14O3/c1-6(11)13-5-7-9-8(12)3-4-10(7,9)2/h7,9H,3-5H2,1-2H3. The summed E-state index contributed by atoms with van der Waals surface area (Å²) in [6.07, 6.45) is 1.69. The molecule has 72 valence electrons. The molecule has 0 saturated heterocycles. The molecule has 0 bridgehead atoms. The summed E-state index contributed by atoms with van der Waals surface area (Å²) in [5, 5.41) is 0. The van der Waals surface area contributed by atoms with E-state index in [0.717, 1.165) is 12.8 Å². The van der Waals surface area contributed by atoms with Gasteiger partial charge in [0.25, 0.3) is 0 Å². The van der Waals surface area contributed by atoms with Crippen LogP contribution in [0.3, 0.4) is 0 Å². The summed E-state index contributed by atoms with van der Waals surface area (Å²) in [5.74, 6) is 0.602. The lowest BCUT2D eigenvalue weighted by atomic mass is 10.0. The number of ether oxygens (including phenoxy) is 1. The topological polar surface area (TPSA) is 43.4 Å². The number of ketones is 1. The summed E-state index contributed by atoms with van der Waals surface area (Å²) in [6, 6.07) is 0. The summed E-state index contributed by atoms with van der Waals surface area (Å²) in [4.78, 5) is 21.9. The van der Waals surface area contributed by atoms with Crippen molar-refractivity contribution in [3.63, 3.8) is 0 Å². The molecule has 2 fully saturated rings. The van der Waals surface area contributed by atoms with E-state index in [-0.39, 0.29) is 17.3 Å². The van der Waals surface area contributed by atoms with Crippen LogP contribution < -0.4 is 0 Å². The number of carbonyl (C=O) groups excluding carboxylic acids is 2. The molecule has 3 heteroatoms. The second-order valence-electron chi connectivity index (χ2n) is 4.36. The number of carbonyl (C=O) groups is 2. The van der Waals surface area contributed by atoms with Crippen LogP contribution in [0.25, 0.3) is 0 Å². The summed E-state index contributed by atoms with van der Waals surface area (Å²) in [6.45, 7) is 3.96. The Labute approximate surface area is 77.4 Å². The van der Waals surface area contributed by atoms with Gasteiger partial charge in [-0.15, -0.1) is 0 Å². The van der Waals surface area contributed by atoms with E-state index in [4.69, 9.17) is 4.74 Å². The number of esters is 1. The Bertz CT molecular complexity index is 271. The molecule has 2 saturated carbocycles. The zero-order valence-electron chi connectivity index (χ0n) is 8.00. The molecule has 0 heterocycles. The van der Waals surface area contributed by atoms with Crippen LogP contribution in [0.15, 0.2) is 0 Å². The molecule has 2 aliphatic rings. The van der Waals surface area contributed by atoms with Crippen LogP contribution >= 0.6 is 0 Å². The average Bonchev–Trinajstić information content (AvgIpc) is 2.52. The lowest BCUT2D eigenvalue weighted by molar-refractivity contribution is -0.142. The first kappa shape index (κ1) is 8.73. The Morgan fingerprint density at radius 3 is 2.85 bits per heavy atom. The minimum absolute atomic E-state index is 0.159. The molecule has 0 spiro atoms. The number of hydrogen-bond acceptors (Lipinski definition) is 3. The monoisotopic (exact) mass is 182 g/mol. The van der Waals surface area contributed by atoms with Crippen LogP contribution in [-0.4, -0.2) is 18.4 Å². The van der Waals surface area contributed by atoms with E-state index in [1.807, 2.05) is 0 Å². The van der Waals surface area contributed by atoms with Gasteiger partial charge in [0.2, 0.25) is 0 Å². The van der Waals surface area contributed by atoms with E-state index in [9.17, 15) is 9.59 Å². The van der Waals surface area contributed by atoms with Gasteiger partial charge in [-0.3, -0.25) is 9.59 Å². The highest BCUT2D eigenvalue weighted by atomic mass is 16.5. The van der Waals surface area contributed by atoms with Gasteiger partial charge in [-0.1, -0.05) is 6.92 Å². The first-order chi connectivity index (χ1) is 6.05. The minimum atomic E-state index is -0.249. The van der Waals surface area contributed by atoms with E-state index >= 15 is 0 Å². The lowest BCUT2D eigenvalue weighted by Gasteiger charge is -2.07. The third kappa shape index (κ3) is 1.18. The van der Waals surface area contributed by atoms with Gasteiger partial charge < -0.3 is 4.74 Å². The summed E-state index contributed by atoms with van der Waals surface area (Å²) in [7, 11) is 0. The molecule has 3 atom stereocenters. The third-order valence-electron chi connectivity index (χ3n) is 3.57. The van der Waals surface area contributed by atoms with Crippen molar-refractivity contribution < 1.29 is 14.3 Å². The molecule has 3 nitrogen and oxygen atoms in total. The molecular weight excluding hydrogens is 168 g/mol. The Balaban J connectivity index is 1.92. The van der Waals surface area contributed by atoms with Gasteiger partial charge >= 0.3 is 5.97 Å². The fourth-order valence-corrected chi connectivity index (χ4v) is 2.64. The van der Waals surface area contributed by atoms with Gasteiger partial charge in [-0.2, -0.15) is 0 Å². The summed E-state index contributed by atoms with van der Waals surface area (Å²) in [5.41, 5.74) is 0.159. The van der Waals surface area contributed by atoms with E-state index in [2.05, 4.69) is 6.92 Å². The first-order valence-corrected chi connectivity index (χ1v) is 4.72. The molecule has 0 N–H and O–H groups in total. The fraction of sp³-hybridized carbons (Fsp3) is 0.800. The highest BCUT2D eigenvalue weighted by Crippen LogP contribution is 2.66. The fourth-order valence-electron chi connectivity index (χ4n) is 2.64. The maximum absolute atomic E-state index is 11.3. The van der Waals surface area contributed by atoms with Crippen LogP contribution in [0.5, 0.6) is 0 Å². The van der Waals surface area contributed by atoms with Gasteiger partial charge in [-0.05, 0) is 11.8 Å². The SMILES string of the molecule is CC(=O)OCC1C2C(=O)CCC12C. The highest BCUT2D eigenvalue weighted by molar-refractivity contribution is 5.88. The van der Waals surface area contributed by atoms with Crippen LogP contribution in [0.4, 0.5) is 0 Å². The van der Waals surface area contributed by atoms with Crippen LogP contribution in [0, 0.1) is 17.3 Å². The van der Waals surface area contributed by atoms with Crippen molar-refractivity contribution in [2.75, 3.05) is 6.61 Å². The molecule has 3 unspecified atom stereocenters. The van der Waals surface area contributed by atoms with Crippen LogP contribution in [0.2, 0.25) is 0 Å². The van der Waals surface area contributed by atoms with Crippen molar-refractivity contribution in [1.82, 2.24) is 0 Å². The number of hydrogen-bond donors (Lipinski definition) is 0. The third-order valence-corrected chi connectivity index (χ3v) is 3.57. The number of rotatable bonds is 2. The smallest absolute Gasteiger partial charge is 0.302 e. The van der Waals surface area contributed by atoms with Crippen molar-refractivity contribution in [3.05, 3.63) is 0 Å². The van der Waals surface area contributed by atoms with E-state index in [1.54, 1.807) is 0 Å². The van der Waals surface area contributed by atoms with Gasteiger partial charge in [-0.25, -0.2) is 0 Å². The predicted molar refractivity (Wildman–Crippen MR) is 46.0 cm³/mol. The molecule has 0 radical (unpaired) electrons. The van der Waals surface area contributed by atoms with Gasteiger partial charge in [0.05, 0.1) is 6.61 Å². The lowest BCUT2D eigenvalue weighted by Crippen LogP contribution is -2.09. The Hall–Kier alpha value is -0.860. The molecule has 0 amide bonds. The van der Waals surface area contributed by atoms with Crippen molar-refractivity contribution in [2.24, 2.45) is 17.3 Å². The van der Waals surface area contributed by atoms with Crippen molar-refractivity contribution in [3.8, 4) is 0 Å². The minimum Gasteiger partial charge on any atom is -0.466 e. The maximum atomic E-state index is 11.3. The highest BCUT2D eigenvalue weighted by Gasteiger charge is 2.67. The molecule has 0 aromatic rings. The Morgan fingerprint density at radius 1 is 1.69 bits per heavy atom. The summed E-state index contributed by atoms with van der Waals surface area (Å²) >= 11 is 0. The Kier molecular flexibility index (Phi) is 1.72. The molecule has 0 aliphatic heterocycles. The molecule has 2 rings (SSSR count). The molecule has 13 heavy (non-hydrogen) atoms. The zero-order valence-corrected chi connectivity index (χ0v) is 8.00. The van der Waals surface area contributed by atoms with E-state index in [1.165, 1.54) is 6.92 Å². The van der Waals surface area contributed by atoms with Crippen molar-refractivity contribution in [2.45, 2.75) is 26.7 Å². The predicted octanol–water partition coefficient (Wildman–Crippen LogP) is 1.16. The second-order valence-corrected chi connectivity index (χ2v) is 4.36. The van der Waals surface area contributed by atoms with Gasteiger partial charge in [0.1, 0.15) is 5.78 Å². The van der Waals surface area contributed by atoms with Crippen molar-refractivity contribution in [1.29, 1.82) is 0 Å². The summed E-state index contributed by atoms with van der Waals surface area (Å²) < 4.78 is 4.92. The molecule has 0 aromatic carbocycles. The maximum Gasteiger partial charge on any atom is 0.302 e. The van der Waals surface area contributed by atoms with Gasteiger partial charge in [0.15, 0.2) is 0 Å². The number of fused-ring (bicyclic) bond motifs is 1. The quantitative estimate of drug-likeness (QED) is 0.602. The van der Waals surface area contributed by atoms with Crippen molar-refractivity contribution >= 4 is 11.8 Å². The largest absolute Gasteiger partial charge is 0.466 e.